The van der Waals surface area contributed by atoms with E-state index in [0.717, 1.165) is 34.2 Å². The zero-order chi connectivity index (χ0) is 15.0. The number of nitrogens with zero attached hydrogens (tertiary/aromatic N) is 2. The van der Waals surface area contributed by atoms with Crippen LogP contribution in [0.5, 0.6) is 5.75 Å². The summed E-state index contributed by atoms with van der Waals surface area (Å²) >= 11 is 0. The smallest absolute Gasteiger partial charge is 0.132 e. The van der Waals surface area contributed by atoms with Crippen LogP contribution in [0, 0.1) is 6.92 Å². The first kappa shape index (κ1) is 13.7. The van der Waals surface area contributed by atoms with Gasteiger partial charge in [-0.15, -0.1) is 6.58 Å². The van der Waals surface area contributed by atoms with Gasteiger partial charge in [0.15, 0.2) is 0 Å². The van der Waals surface area contributed by atoms with Gasteiger partial charge in [-0.1, -0.05) is 6.08 Å². The van der Waals surface area contributed by atoms with Gasteiger partial charge >= 0.3 is 0 Å². The third kappa shape index (κ3) is 2.42. The Morgan fingerprint density at radius 2 is 2.24 bits per heavy atom. The summed E-state index contributed by atoms with van der Waals surface area (Å²) in [6.07, 6.45) is 4.27. The largest absolute Gasteiger partial charge is 0.496 e. The van der Waals surface area contributed by atoms with E-state index >= 15 is 0 Å². The van der Waals surface area contributed by atoms with Crippen LogP contribution in [0.25, 0.3) is 11.3 Å². The zero-order valence-electron chi connectivity index (χ0n) is 12.6. The predicted octanol–water partition coefficient (Wildman–Crippen LogP) is 3.51. The number of hydrogen-bond acceptors (Lipinski definition) is 3. The molecule has 0 spiro atoms. The normalized spacial score (nSPS) is 14.2. The minimum absolute atomic E-state index is 0.556. The molecule has 2 aromatic rings. The maximum atomic E-state index is 6.33. The van der Waals surface area contributed by atoms with E-state index < -0.39 is 0 Å². The number of benzene rings is 1. The molecule has 0 aliphatic heterocycles. The Labute approximate surface area is 125 Å². The maximum Gasteiger partial charge on any atom is 0.132 e. The second kappa shape index (κ2) is 5.28. The third-order valence-corrected chi connectivity index (χ3v) is 3.96. The number of rotatable bonds is 5. The molecule has 0 atom stereocenters. The van der Waals surface area contributed by atoms with E-state index in [1.165, 1.54) is 12.8 Å². The van der Waals surface area contributed by atoms with E-state index in [1.54, 1.807) is 7.11 Å². The van der Waals surface area contributed by atoms with Gasteiger partial charge in [0.1, 0.15) is 23.1 Å². The Bertz CT molecular complexity index is 684. The molecule has 1 aromatic heterocycles. The fourth-order valence-corrected chi connectivity index (χ4v) is 2.70. The Hall–Kier alpha value is -2.23. The molecule has 1 saturated carbocycles. The Morgan fingerprint density at radius 1 is 1.48 bits per heavy atom. The third-order valence-electron chi connectivity index (χ3n) is 3.96. The summed E-state index contributed by atoms with van der Waals surface area (Å²) in [5.74, 6) is 3.25. The zero-order valence-corrected chi connectivity index (χ0v) is 12.6. The van der Waals surface area contributed by atoms with E-state index in [0.29, 0.717) is 12.5 Å². The number of methoxy groups -OCH3 is 1. The second-order valence-corrected chi connectivity index (χ2v) is 5.56. The maximum absolute atomic E-state index is 6.33. The topological polar surface area (TPSA) is 53.1 Å². The van der Waals surface area contributed by atoms with Crippen molar-refractivity contribution >= 4 is 5.82 Å². The van der Waals surface area contributed by atoms with Gasteiger partial charge in [0.25, 0.3) is 0 Å². The summed E-state index contributed by atoms with van der Waals surface area (Å²) in [5, 5.41) is 0. The van der Waals surface area contributed by atoms with Crippen LogP contribution >= 0.6 is 0 Å². The van der Waals surface area contributed by atoms with Crippen molar-refractivity contribution in [2.45, 2.75) is 32.2 Å². The molecule has 1 heterocycles. The number of aryl methyl sites for hydroxylation is 1. The number of nitrogen functional groups attached to an aromatic ring is 1. The lowest BCUT2D eigenvalue weighted by Gasteiger charge is -2.07. The number of imidazole rings is 1. The summed E-state index contributed by atoms with van der Waals surface area (Å²) in [4.78, 5) is 4.81. The minimum Gasteiger partial charge on any atom is -0.496 e. The first-order valence-corrected chi connectivity index (χ1v) is 7.27. The van der Waals surface area contributed by atoms with Crippen LogP contribution in [0.15, 0.2) is 30.9 Å². The molecule has 2 N–H and O–H groups in total. The standard InChI is InChI=1S/C17H21N3O/c1-4-9-20-16(18)15(19-17(20)12-5-6-12)13-7-8-14(21-3)11(2)10-13/h4,7-8,10,12H,1,5-6,9,18H2,2-3H3. The van der Waals surface area contributed by atoms with Gasteiger partial charge < -0.3 is 15.0 Å². The van der Waals surface area contributed by atoms with E-state index in [1.807, 2.05) is 25.1 Å². The fourth-order valence-electron chi connectivity index (χ4n) is 2.70. The van der Waals surface area contributed by atoms with Crippen molar-refractivity contribution in [2.75, 3.05) is 12.8 Å². The summed E-state index contributed by atoms with van der Waals surface area (Å²) in [6, 6.07) is 6.05. The number of hydrogen-bond donors (Lipinski definition) is 1. The second-order valence-electron chi connectivity index (χ2n) is 5.56. The van der Waals surface area contributed by atoms with Gasteiger partial charge in [-0.25, -0.2) is 4.98 Å². The number of aromatic nitrogens is 2. The molecule has 0 amide bonds. The van der Waals surface area contributed by atoms with Crippen molar-refractivity contribution in [3.8, 4) is 17.0 Å². The molecule has 0 saturated heterocycles. The fraction of sp³-hybridized carbons (Fsp3) is 0.353. The van der Waals surface area contributed by atoms with Crippen molar-refractivity contribution in [2.24, 2.45) is 0 Å². The highest BCUT2D eigenvalue weighted by molar-refractivity contribution is 5.72. The molecule has 4 nitrogen and oxygen atoms in total. The Balaban J connectivity index is 2.07. The summed E-state index contributed by atoms with van der Waals surface area (Å²) < 4.78 is 7.39. The Kier molecular flexibility index (Phi) is 3.45. The summed E-state index contributed by atoms with van der Waals surface area (Å²) in [5.41, 5.74) is 9.32. The lowest BCUT2D eigenvalue weighted by Crippen LogP contribution is -2.05. The number of allylic oxidation sites excluding steroid dienone is 1. The minimum atomic E-state index is 0.556. The first-order valence-electron chi connectivity index (χ1n) is 7.27. The molecule has 3 rings (SSSR count). The van der Waals surface area contributed by atoms with E-state index in [2.05, 4.69) is 17.2 Å². The molecule has 21 heavy (non-hydrogen) atoms. The van der Waals surface area contributed by atoms with E-state index in [9.17, 15) is 0 Å². The first-order chi connectivity index (χ1) is 10.2. The van der Waals surface area contributed by atoms with Crippen LogP contribution in [0.1, 0.15) is 30.1 Å². The summed E-state index contributed by atoms with van der Waals surface area (Å²) in [7, 11) is 1.68. The molecule has 1 aromatic carbocycles. The van der Waals surface area contributed by atoms with Crippen LogP contribution in [-0.2, 0) is 6.54 Å². The monoisotopic (exact) mass is 283 g/mol. The lowest BCUT2D eigenvalue weighted by molar-refractivity contribution is 0.412. The molecule has 1 fully saturated rings. The highest BCUT2D eigenvalue weighted by Crippen LogP contribution is 2.42. The van der Waals surface area contributed by atoms with Crippen LogP contribution in [0.2, 0.25) is 0 Å². The van der Waals surface area contributed by atoms with E-state index in [-0.39, 0.29) is 0 Å². The molecule has 110 valence electrons. The van der Waals surface area contributed by atoms with Crippen LogP contribution in [-0.4, -0.2) is 16.7 Å². The highest BCUT2D eigenvalue weighted by atomic mass is 16.5. The average Bonchev–Trinajstić information content (AvgIpc) is 3.26. The molecule has 4 heteroatoms. The lowest BCUT2D eigenvalue weighted by atomic mass is 10.1. The quantitative estimate of drug-likeness (QED) is 0.854. The number of nitrogens with two attached hydrogens (primary N) is 1. The summed E-state index contributed by atoms with van der Waals surface area (Å²) in [6.45, 7) is 6.55. The number of ether oxygens (including phenoxy) is 1. The van der Waals surface area contributed by atoms with Gasteiger partial charge in [0.05, 0.1) is 7.11 Å². The molecular formula is C17H21N3O. The SMILES string of the molecule is C=CCn1c(C2CC2)nc(-c2ccc(OC)c(C)c2)c1N. The van der Waals surface area contributed by atoms with Crippen molar-refractivity contribution < 1.29 is 4.74 Å². The van der Waals surface area contributed by atoms with Gasteiger partial charge in [0, 0.05) is 18.0 Å². The molecule has 1 aliphatic rings. The number of anilines is 1. The van der Waals surface area contributed by atoms with E-state index in [4.69, 9.17) is 15.5 Å². The van der Waals surface area contributed by atoms with Crippen molar-refractivity contribution in [3.05, 3.63) is 42.2 Å². The van der Waals surface area contributed by atoms with Crippen molar-refractivity contribution in [3.63, 3.8) is 0 Å². The molecule has 0 unspecified atom stereocenters. The highest BCUT2D eigenvalue weighted by Gasteiger charge is 2.30. The predicted molar refractivity (Wildman–Crippen MR) is 85.5 cm³/mol. The molecular weight excluding hydrogens is 262 g/mol. The molecule has 0 bridgehead atoms. The Morgan fingerprint density at radius 3 is 2.81 bits per heavy atom. The van der Waals surface area contributed by atoms with Gasteiger partial charge in [-0.2, -0.15) is 0 Å². The van der Waals surface area contributed by atoms with Gasteiger partial charge in [-0.05, 0) is 43.5 Å². The molecule has 0 radical (unpaired) electrons. The van der Waals surface area contributed by atoms with Crippen LogP contribution in [0.3, 0.4) is 0 Å². The van der Waals surface area contributed by atoms with Gasteiger partial charge in [0.2, 0.25) is 0 Å². The van der Waals surface area contributed by atoms with Gasteiger partial charge in [-0.3, -0.25) is 0 Å². The molecule has 1 aliphatic carbocycles. The van der Waals surface area contributed by atoms with Crippen molar-refractivity contribution in [1.82, 2.24) is 9.55 Å². The van der Waals surface area contributed by atoms with Crippen LogP contribution < -0.4 is 10.5 Å². The average molecular weight is 283 g/mol. The van der Waals surface area contributed by atoms with Crippen molar-refractivity contribution in [1.29, 1.82) is 0 Å². The van der Waals surface area contributed by atoms with Crippen LogP contribution in [0.4, 0.5) is 5.82 Å².